The highest BCUT2D eigenvalue weighted by Gasteiger charge is 2.09. The molecule has 0 radical (unpaired) electrons. The first-order valence-electron chi connectivity index (χ1n) is 4.45. The van der Waals surface area contributed by atoms with Gasteiger partial charge < -0.3 is 0 Å². The summed E-state index contributed by atoms with van der Waals surface area (Å²) in [6.45, 7) is 0.126. The van der Waals surface area contributed by atoms with E-state index in [0.29, 0.717) is 11.4 Å². The van der Waals surface area contributed by atoms with Crippen LogP contribution >= 0.6 is 11.6 Å². The maximum absolute atomic E-state index is 13.3. The van der Waals surface area contributed by atoms with Gasteiger partial charge in [0, 0.05) is 11.6 Å². The Kier molecular flexibility index (Phi) is 3.09. The highest BCUT2D eigenvalue weighted by Crippen LogP contribution is 2.11. The summed E-state index contributed by atoms with van der Waals surface area (Å²) in [5.41, 5.74) is 0.306. The van der Waals surface area contributed by atoms with Gasteiger partial charge in [0.05, 0.1) is 12.4 Å². The summed E-state index contributed by atoms with van der Waals surface area (Å²) in [6, 6.07) is 3.35. The van der Waals surface area contributed by atoms with Gasteiger partial charge in [0.15, 0.2) is 5.82 Å². The smallest absolute Gasteiger partial charge is 0.166 e. The summed E-state index contributed by atoms with van der Waals surface area (Å²) < 4.78 is 27.4. The second-order valence-corrected chi connectivity index (χ2v) is 3.39. The van der Waals surface area contributed by atoms with Crippen molar-refractivity contribution in [2.75, 3.05) is 0 Å². The first-order chi connectivity index (χ1) is 7.70. The van der Waals surface area contributed by atoms with Gasteiger partial charge in [0.2, 0.25) is 0 Å². The molecule has 0 amide bonds. The number of alkyl halides is 1. The summed E-state index contributed by atoms with van der Waals surface area (Å²) in [5.74, 6) is -0.674. The van der Waals surface area contributed by atoms with Crippen molar-refractivity contribution in [1.82, 2.24) is 20.2 Å². The second-order valence-electron chi connectivity index (χ2n) is 3.12. The van der Waals surface area contributed by atoms with E-state index in [-0.39, 0.29) is 12.4 Å². The van der Waals surface area contributed by atoms with Crippen molar-refractivity contribution in [3.8, 4) is 0 Å². The molecule has 2 aromatic rings. The SMILES string of the molecule is Fc1ccc(Cn2nnnc2CCl)c(F)c1. The fourth-order valence-electron chi connectivity index (χ4n) is 1.25. The molecule has 0 saturated carbocycles. The highest BCUT2D eigenvalue weighted by molar-refractivity contribution is 6.16. The maximum Gasteiger partial charge on any atom is 0.166 e. The predicted octanol–water partition coefficient (Wildman–Crippen LogP) is 1.74. The third-order valence-corrected chi connectivity index (χ3v) is 2.30. The van der Waals surface area contributed by atoms with Crippen LogP contribution in [0.5, 0.6) is 0 Å². The third kappa shape index (κ3) is 2.16. The molecule has 0 saturated heterocycles. The van der Waals surface area contributed by atoms with E-state index < -0.39 is 11.6 Å². The lowest BCUT2D eigenvalue weighted by Crippen LogP contribution is -2.07. The van der Waals surface area contributed by atoms with Crippen LogP contribution in [0, 0.1) is 11.6 Å². The first-order valence-corrected chi connectivity index (χ1v) is 4.99. The molecule has 0 spiro atoms. The summed E-state index contributed by atoms with van der Waals surface area (Å²) in [4.78, 5) is 0. The molecule has 0 atom stereocenters. The Morgan fingerprint density at radius 3 is 2.81 bits per heavy atom. The Morgan fingerprint density at radius 1 is 1.31 bits per heavy atom. The van der Waals surface area contributed by atoms with Crippen LogP contribution in [-0.4, -0.2) is 20.2 Å². The number of benzene rings is 1. The van der Waals surface area contributed by atoms with Crippen molar-refractivity contribution >= 4 is 11.6 Å². The number of aromatic nitrogens is 4. The highest BCUT2D eigenvalue weighted by atomic mass is 35.5. The third-order valence-electron chi connectivity index (χ3n) is 2.06. The largest absolute Gasteiger partial charge is 0.224 e. The van der Waals surface area contributed by atoms with Crippen molar-refractivity contribution < 1.29 is 8.78 Å². The van der Waals surface area contributed by atoms with Gasteiger partial charge in [-0.05, 0) is 16.5 Å². The molecule has 1 heterocycles. The average Bonchev–Trinajstić information content (AvgIpc) is 2.69. The Labute approximate surface area is 94.8 Å². The average molecular weight is 245 g/mol. The molecule has 0 unspecified atom stereocenters. The molecule has 16 heavy (non-hydrogen) atoms. The lowest BCUT2D eigenvalue weighted by molar-refractivity contribution is 0.550. The molecule has 1 aromatic carbocycles. The lowest BCUT2D eigenvalue weighted by atomic mass is 10.2. The van der Waals surface area contributed by atoms with Crippen molar-refractivity contribution in [3.05, 3.63) is 41.2 Å². The topological polar surface area (TPSA) is 43.6 Å². The van der Waals surface area contributed by atoms with E-state index in [0.717, 1.165) is 6.07 Å². The van der Waals surface area contributed by atoms with E-state index in [1.54, 1.807) is 0 Å². The molecule has 0 N–H and O–H groups in total. The molecule has 0 aliphatic heterocycles. The monoisotopic (exact) mass is 244 g/mol. The number of halogens is 3. The molecule has 0 aliphatic rings. The van der Waals surface area contributed by atoms with Crippen LogP contribution in [0.2, 0.25) is 0 Å². The number of nitrogens with zero attached hydrogens (tertiary/aromatic N) is 4. The van der Waals surface area contributed by atoms with E-state index in [1.165, 1.54) is 16.8 Å². The molecule has 0 aliphatic carbocycles. The molecule has 1 aromatic heterocycles. The van der Waals surface area contributed by atoms with E-state index in [2.05, 4.69) is 15.5 Å². The minimum atomic E-state index is -0.629. The van der Waals surface area contributed by atoms with Crippen LogP contribution in [-0.2, 0) is 12.4 Å². The van der Waals surface area contributed by atoms with Crippen molar-refractivity contribution in [2.24, 2.45) is 0 Å². The number of hydrogen-bond donors (Lipinski definition) is 0. The molecule has 4 nitrogen and oxygen atoms in total. The summed E-state index contributed by atoms with van der Waals surface area (Å²) in [6.07, 6.45) is 0. The van der Waals surface area contributed by atoms with Crippen LogP contribution in [0.4, 0.5) is 8.78 Å². The number of tetrazole rings is 1. The molecule has 84 valence electrons. The summed E-state index contributed by atoms with van der Waals surface area (Å²) >= 11 is 5.59. The van der Waals surface area contributed by atoms with Crippen molar-refractivity contribution in [2.45, 2.75) is 12.4 Å². The fourth-order valence-corrected chi connectivity index (χ4v) is 1.44. The summed E-state index contributed by atoms with van der Waals surface area (Å²) in [5, 5.41) is 10.7. The van der Waals surface area contributed by atoms with Crippen molar-refractivity contribution in [1.29, 1.82) is 0 Å². The zero-order valence-corrected chi connectivity index (χ0v) is 8.82. The van der Waals surface area contributed by atoms with Crippen molar-refractivity contribution in [3.63, 3.8) is 0 Å². The zero-order chi connectivity index (χ0) is 11.5. The Morgan fingerprint density at radius 2 is 2.12 bits per heavy atom. The second kappa shape index (κ2) is 4.52. The van der Waals surface area contributed by atoms with E-state index in [4.69, 9.17) is 11.6 Å². The predicted molar refractivity (Wildman–Crippen MR) is 52.8 cm³/mol. The van der Waals surface area contributed by atoms with Crippen LogP contribution in [0.3, 0.4) is 0 Å². The minimum Gasteiger partial charge on any atom is -0.224 e. The Balaban J connectivity index is 2.27. The molecular weight excluding hydrogens is 238 g/mol. The standard InChI is InChI=1S/C9H7ClF2N4/c10-4-9-13-14-15-16(9)5-6-1-2-7(11)3-8(6)12/h1-3H,4-5H2. The van der Waals surface area contributed by atoms with Gasteiger partial charge in [-0.15, -0.1) is 16.7 Å². The first kappa shape index (κ1) is 10.9. The van der Waals surface area contributed by atoms with Gasteiger partial charge in [-0.25, -0.2) is 13.5 Å². The minimum absolute atomic E-state index is 0.126. The quantitative estimate of drug-likeness (QED) is 0.773. The Bertz CT molecular complexity index is 500. The molecular formula is C9H7ClF2N4. The normalized spacial score (nSPS) is 10.7. The van der Waals surface area contributed by atoms with E-state index in [1.807, 2.05) is 0 Å². The van der Waals surface area contributed by atoms with Crippen LogP contribution in [0.1, 0.15) is 11.4 Å². The zero-order valence-electron chi connectivity index (χ0n) is 8.07. The Hall–Kier alpha value is -1.56. The van der Waals surface area contributed by atoms with E-state index >= 15 is 0 Å². The van der Waals surface area contributed by atoms with Gasteiger partial charge in [-0.1, -0.05) is 6.07 Å². The van der Waals surface area contributed by atoms with Gasteiger partial charge in [0.1, 0.15) is 11.6 Å². The van der Waals surface area contributed by atoms with Crippen LogP contribution in [0.15, 0.2) is 18.2 Å². The number of rotatable bonds is 3. The number of hydrogen-bond acceptors (Lipinski definition) is 3. The van der Waals surface area contributed by atoms with Gasteiger partial charge in [0.25, 0.3) is 0 Å². The van der Waals surface area contributed by atoms with Crippen LogP contribution in [0.25, 0.3) is 0 Å². The lowest BCUT2D eigenvalue weighted by Gasteiger charge is -2.04. The molecule has 7 heteroatoms. The van der Waals surface area contributed by atoms with E-state index in [9.17, 15) is 8.78 Å². The molecule has 0 fully saturated rings. The van der Waals surface area contributed by atoms with Gasteiger partial charge in [-0.2, -0.15) is 0 Å². The maximum atomic E-state index is 13.3. The molecule has 2 rings (SSSR count). The van der Waals surface area contributed by atoms with Crippen LogP contribution < -0.4 is 0 Å². The fraction of sp³-hybridized carbons (Fsp3) is 0.222. The van der Waals surface area contributed by atoms with Gasteiger partial charge in [-0.3, -0.25) is 0 Å². The summed E-state index contributed by atoms with van der Waals surface area (Å²) in [7, 11) is 0. The van der Waals surface area contributed by atoms with Gasteiger partial charge >= 0.3 is 0 Å². The molecule has 0 bridgehead atoms.